The molecule has 0 unspecified atom stereocenters. The average molecular weight is 156 g/mol. The van der Waals surface area contributed by atoms with Crippen LogP contribution in [0, 0.1) is 20.9 Å². The fourth-order valence-corrected chi connectivity index (χ4v) is 0. The van der Waals surface area contributed by atoms with Crippen molar-refractivity contribution in [1.82, 2.24) is 0 Å². The van der Waals surface area contributed by atoms with Crippen LogP contribution in [-0.4, -0.2) is 5.71 Å². The molecule has 0 fully saturated rings. The Bertz CT molecular complexity index is 45.5. The molecule has 0 aromatic rings. The molecule has 0 saturated heterocycles. The zero-order valence-corrected chi connectivity index (χ0v) is 6.35. The summed E-state index contributed by atoms with van der Waals surface area (Å²) in [6.45, 7) is 8.09. The van der Waals surface area contributed by atoms with E-state index in [1.165, 1.54) is 0 Å². The van der Waals surface area contributed by atoms with Crippen molar-refractivity contribution in [3.8, 4) is 0 Å². The molecule has 3 radical (unpaired) electrons. The van der Waals surface area contributed by atoms with Gasteiger partial charge in [0.2, 0.25) is 0 Å². The van der Waals surface area contributed by atoms with Gasteiger partial charge in [-0.3, -0.25) is 5.71 Å². The van der Waals surface area contributed by atoms with Gasteiger partial charge in [0.15, 0.2) is 0 Å². The molecule has 0 heterocycles. The van der Waals surface area contributed by atoms with E-state index < -0.39 is 0 Å². The van der Waals surface area contributed by atoms with Crippen molar-refractivity contribution < 1.29 is 32.7 Å². The van der Waals surface area contributed by atoms with Crippen LogP contribution in [0.2, 0.25) is 0 Å². The van der Waals surface area contributed by atoms with Crippen LogP contribution in [-0.2, 0) is 32.7 Å². The standard InChI is InChI=1S/C4H5N.Y/c1-4(2)5-3;/h1H,2-3H2;/q-2;. The van der Waals surface area contributed by atoms with Gasteiger partial charge in [0.05, 0.1) is 0 Å². The van der Waals surface area contributed by atoms with E-state index in [4.69, 9.17) is 6.92 Å². The SMILES string of the molecule is [CH]C([CH2-])=N[CH2-].[Y]. The Labute approximate surface area is 64.1 Å². The summed E-state index contributed by atoms with van der Waals surface area (Å²) in [6.07, 6.45) is 0. The Kier molecular flexibility index (Phi) is 8.93. The van der Waals surface area contributed by atoms with Gasteiger partial charge in [-0.15, -0.1) is 6.92 Å². The maximum atomic E-state index is 4.87. The third-order valence-electron chi connectivity index (χ3n) is 0.203. The number of rotatable bonds is 0. The van der Waals surface area contributed by atoms with Crippen LogP contribution in [0.4, 0.5) is 0 Å². The van der Waals surface area contributed by atoms with E-state index in [1.807, 2.05) is 0 Å². The molecule has 0 spiro atoms. The van der Waals surface area contributed by atoms with Gasteiger partial charge >= 0.3 is 0 Å². The van der Waals surface area contributed by atoms with Crippen molar-refractivity contribution in [3.05, 3.63) is 20.9 Å². The van der Waals surface area contributed by atoms with Gasteiger partial charge in [0, 0.05) is 32.7 Å². The molecule has 0 aliphatic heterocycles. The van der Waals surface area contributed by atoms with Crippen LogP contribution >= 0.6 is 0 Å². The first-order chi connectivity index (χ1) is 2.27. The van der Waals surface area contributed by atoms with E-state index in [0.29, 0.717) is 0 Å². The molecular weight excluding hydrogens is 151 g/mol. The fraction of sp³-hybridized carbons (Fsp3) is 0. The Balaban J connectivity index is 0. The second-order valence-corrected chi connectivity index (χ2v) is 0.649. The molecule has 0 aliphatic carbocycles. The first-order valence-electron chi connectivity index (χ1n) is 1.18. The predicted octanol–water partition coefficient (Wildman–Crippen LogP) is 0.762. The smallest absolute Gasteiger partial charge is 0 e. The summed E-state index contributed by atoms with van der Waals surface area (Å²) in [4.78, 5) is 3.22. The minimum absolute atomic E-state index is 0. The van der Waals surface area contributed by atoms with Crippen LogP contribution in [0.5, 0.6) is 0 Å². The first-order valence-corrected chi connectivity index (χ1v) is 1.18. The normalized spacial score (nSPS) is 9.83. The van der Waals surface area contributed by atoms with Gasteiger partial charge < -0.3 is 11.9 Å². The summed E-state index contributed by atoms with van der Waals surface area (Å²) < 4.78 is 0. The number of hydrogen-bond donors (Lipinski definition) is 0. The van der Waals surface area contributed by atoms with E-state index in [0.717, 1.165) is 0 Å². The zero-order valence-electron chi connectivity index (χ0n) is 3.52. The summed E-state index contributed by atoms with van der Waals surface area (Å²) >= 11 is 0. The van der Waals surface area contributed by atoms with E-state index in [-0.39, 0.29) is 38.4 Å². The second kappa shape index (κ2) is 5.51. The van der Waals surface area contributed by atoms with Crippen molar-refractivity contribution >= 4 is 5.71 Å². The first kappa shape index (κ1) is 9.72. The van der Waals surface area contributed by atoms with Gasteiger partial charge in [-0.1, -0.05) is 0 Å². The molecular formula is C4H5NY-2. The minimum atomic E-state index is 0. The number of nitrogens with zero attached hydrogens (tertiary/aromatic N) is 1. The summed E-state index contributed by atoms with van der Waals surface area (Å²) in [5, 5.41) is 0. The molecule has 0 amide bonds. The quantitative estimate of drug-likeness (QED) is 0.362. The maximum absolute atomic E-state index is 4.87. The van der Waals surface area contributed by atoms with Gasteiger partial charge in [0.25, 0.3) is 0 Å². The van der Waals surface area contributed by atoms with Crippen molar-refractivity contribution in [3.63, 3.8) is 0 Å². The molecule has 0 aromatic heterocycles. The summed E-state index contributed by atoms with van der Waals surface area (Å²) in [7, 11) is 3.09. The molecule has 2 heteroatoms. The van der Waals surface area contributed by atoms with Crippen molar-refractivity contribution in [2.24, 2.45) is 4.99 Å². The average Bonchev–Trinajstić information content (AvgIpc) is 1.38. The molecule has 0 aromatic carbocycles. The molecule has 0 bridgehead atoms. The third kappa shape index (κ3) is 8.82. The Morgan fingerprint density at radius 3 is 1.83 bits per heavy atom. The Morgan fingerprint density at radius 1 is 1.67 bits per heavy atom. The van der Waals surface area contributed by atoms with Gasteiger partial charge in [-0.05, 0) is 0 Å². The van der Waals surface area contributed by atoms with Crippen molar-refractivity contribution in [2.75, 3.05) is 0 Å². The number of hydrogen-bond acceptors (Lipinski definition) is 1. The topological polar surface area (TPSA) is 12.4 Å². The van der Waals surface area contributed by atoms with E-state index >= 15 is 0 Å². The Morgan fingerprint density at radius 2 is 1.83 bits per heavy atom. The van der Waals surface area contributed by atoms with E-state index in [2.05, 4.69) is 19.0 Å². The van der Waals surface area contributed by atoms with Gasteiger partial charge in [0.1, 0.15) is 0 Å². The molecule has 0 aliphatic rings. The van der Waals surface area contributed by atoms with Crippen LogP contribution in [0.1, 0.15) is 0 Å². The van der Waals surface area contributed by atoms with E-state index in [9.17, 15) is 0 Å². The monoisotopic (exact) mass is 156 g/mol. The largest absolute Gasteiger partial charge is 0.488 e. The van der Waals surface area contributed by atoms with Crippen LogP contribution in [0.15, 0.2) is 4.99 Å². The summed E-state index contributed by atoms with van der Waals surface area (Å²) in [6, 6.07) is 0. The third-order valence-corrected chi connectivity index (χ3v) is 0.203. The predicted molar refractivity (Wildman–Crippen MR) is 22.4 cm³/mol. The summed E-state index contributed by atoms with van der Waals surface area (Å²) in [5.74, 6) is 0. The molecule has 0 N–H and O–H groups in total. The summed E-state index contributed by atoms with van der Waals surface area (Å²) in [5.41, 5.74) is 0.269. The van der Waals surface area contributed by atoms with Crippen LogP contribution in [0.3, 0.4) is 0 Å². The van der Waals surface area contributed by atoms with Crippen LogP contribution in [0.25, 0.3) is 0 Å². The van der Waals surface area contributed by atoms with Crippen molar-refractivity contribution in [2.45, 2.75) is 0 Å². The van der Waals surface area contributed by atoms with Crippen molar-refractivity contribution in [1.29, 1.82) is 0 Å². The zero-order chi connectivity index (χ0) is 4.28. The molecule has 0 rings (SSSR count). The molecule has 31 valence electrons. The fourth-order valence-electron chi connectivity index (χ4n) is 0. The van der Waals surface area contributed by atoms with Crippen LogP contribution < -0.4 is 0 Å². The molecule has 1 nitrogen and oxygen atoms in total. The molecule has 0 saturated carbocycles. The van der Waals surface area contributed by atoms with Gasteiger partial charge in [-0.2, -0.15) is 7.05 Å². The second-order valence-electron chi connectivity index (χ2n) is 0.649. The van der Waals surface area contributed by atoms with E-state index in [1.54, 1.807) is 0 Å². The molecule has 6 heavy (non-hydrogen) atoms. The minimum Gasteiger partial charge on any atom is -0.488 e. The maximum Gasteiger partial charge on any atom is 0 e. The molecule has 0 atom stereocenters. The van der Waals surface area contributed by atoms with Gasteiger partial charge in [-0.25, -0.2) is 0 Å². The number of aliphatic imine (C=N–C) groups is 1. The Hall–Kier alpha value is 0.514.